The number of hydrogen-bond acceptors (Lipinski definition) is 4. The highest BCUT2D eigenvalue weighted by Crippen LogP contribution is 2.22. The van der Waals surface area contributed by atoms with Crippen molar-refractivity contribution in [1.29, 1.82) is 0 Å². The van der Waals surface area contributed by atoms with Crippen LogP contribution in [0.2, 0.25) is 0 Å². The van der Waals surface area contributed by atoms with Gasteiger partial charge in [-0.15, -0.1) is 0 Å². The summed E-state index contributed by atoms with van der Waals surface area (Å²) >= 11 is 0. The molecular formula is C16H29NO4. The lowest BCUT2D eigenvalue weighted by atomic mass is 9.85. The lowest BCUT2D eigenvalue weighted by molar-refractivity contribution is -0.149. The van der Waals surface area contributed by atoms with Gasteiger partial charge in [-0.25, -0.2) is 0 Å². The number of carbonyl (C=O) groups excluding carboxylic acids is 3. The number of ether oxygens (including phenoxy) is 1. The summed E-state index contributed by atoms with van der Waals surface area (Å²) in [7, 11) is 1.33. The van der Waals surface area contributed by atoms with Gasteiger partial charge in [0.2, 0.25) is 5.91 Å². The largest absolute Gasteiger partial charge is 0.469 e. The Morgan fingerprint density at radius 1 is 1.14 bits per heavy atom. The summed E-state index contributed by atoms with van der Waals surface area (Å²) < 4.78 is 4.80. The van der Waals surface area contributed by atoms with E-state index in [0.717, 1.165) is 6.42 Å². The van der Waals surface area contributed by atoms with Crippen molar-refractivity contribution in [3.8, 4) is 0 Å². The molecular weight excluding hydrogens is 270 g/mol. The van der Waals surface area contributed by atoms with Gasteiger partial charge in [-0.1, -0.05) is 34.1 Å². The molecule has 122 valence electrons. The van der Waals surface area contributed by atoms with Gasteiger partial charge in [-0.3, -0.25) is 14.4 Å². The molecule has 5 heteroatoms. The molecule has 0 saturated heterocycles. The van der Waals surface area contributed by atoms with Crippen molar-refractivity contribution >= 4 is 17.7 Å². The SMILES string of the molecule is CC[C@H](C)[C@H](CC(=O)[C@H](CC(C)C)NC(C)=O)C(=O)OC. The van der Waals surface area contributed by atoms with E-state index in [1.807, 2.05) is 27.7 Å². The smallest absolute Gasteiger partial charge is 0.309 e. The first-order chi connectivity index (χ1) is 9.72. The maximum Gasteiger partial charge on any atom is 0.309 e. The molecule has 0 aliphatic carbocycles. The Balaban J connectivity index is 4.96. The molecule has 0 fully saturated rings. The van der Waals surface area contributed by atoms with Gasteiger partial charge in [0.25, 0.3) is 0 Å². The molecule has 0 unspecified atom stereocenters. The fraction of sp³-hybridized carbons (Fsp3) is 0.812. The van der Waals surface area contributed by atoms with Gasteiger partial charge in [0.1, 0.15) is 0 Å². The summed E-state index contributed by atoms with van der Waals surface area (Å²) in [5.74, 6) is -0.786. The second kappa shape index (κ2) is 9.53. The first-order valence-corrected chi connectivity index (χ1v) is 7.60. The van der Waals surface area contributed by atoms with Crippen LogP contribution in [0.25, 0.3) is 0 Å². The number of methoxy groups -OCH3 is 1. The topological polar surface area (TPSA) is 72.5 Å². The van der Waals surface area contributed by atoms with E-state index in [0.29, 0.717) is 6.42 Å². The van der Waals surface area contributed by atoms with E-state index in [9.17, 15) is 14.4 Å². The minimum absolute atomic E-state index is 0.0680. The van der Waals surface area contributed by atoms with Crippen LogP contribution in [0.15, 0.2) is 0 Å². The maximum atomic E-state index is 12.4. The molecule has 3 atom stereocenters. The summed E-state index contributed by atoms with van der Waals surface area (Å²) in [6, 6.07) is -0.529. The van der Waals surface area contributed by atoms with E-state index in [-0.39, 0.29) is 35.9 Å². The number of Topliss-reactive ketones (excluding diaryl/α,β-unsaturated/α-hetero) is 1. The molecule has 5 nitrogen and oxygen atoms in total. The molecule has 0 aliphatic heterocycles. The van der Waals surface area contributed by atoms with Crippen molar-refractivity contribution in [3.63, 3.8) is 0 Å². The predicted molar refractivity (Wildman–Crippen MR) is 81.6 cm³/mol. The summed E-state index contributed by atoms with van der Waals surface area (Å²) in [6.07, 6.45) is 1.48. The molecule has 0 aromatic rings. The number of nitrogens with one attached hydrogen (secondary N) is 1. The molecule has 0 aliphatic rings. The third kappa shape index (κ3) is 7.25. The second-order valence-electron chi connectivity index (χ2n) is 6.07. The molecule has 1 amide bonds. The Hall–Kier alpha value is -1.39. The second-order valence-corrected chi connectivity index (χ2v) is 6.07. The van der Waals surface area contributed by atoms with Gasteiger partial charge in [0.05, 0.1) is 19.1 Å². The van der Waals surface area contributed by atoms with Crippen LogP contribution in [-0.2, 0) is 19.1 Å². The van der Waals surface area contributed by atoms with Gasteiger partial charge in [0, 0.05) is 13.3 Å². The Morgan fingerprint density at radius 2 is 1.71 bits per heavy atom. The highest BCUT2D eigenvalue weighted by molar-refractivity contribution is 5.91. The van der Waals surface area contributed by atoms with Crippen LogP contribution in [0.1, 0.15) is 53.9 Å². The average molecular weight is 299 g/mol. The monoisotopic (exact) mass is 299 g/mol. The van der Waals surface area contributed by atoms with Crippen LogP contribution in [0.3, 0.4) is 0 Å². The Morgan fingerprint density at radius 3 is 2.10 bits per heavy atom. The lowest BCUT2D eigenvalue weighted by Crippen LogP contribution is -2.42. The van der Waals surface area contributed by atoms with E-state index in [1.54, 1.807) is 0 Å². The molecule has 0 aromatic carbocycles. The van der Waals surface area contributed by atoms with Gasteiger partial charge < -0.3 is 10.1 Å². The number of amides is 1. The predicted octanol–water partition coefficient (Wildman–Crippen LogP) is 2.33. The van der Waals surface area contributed by atoms with E-state index in [2.05, 4.69) is 5.32 Å². The zero-order chi connectivity index (χ0) is 16.6. The summed E-state index contributed by atoms with van der Waals surface area (Å²) in [5.41, 5.74) is 0. The maximum absolute atomic E-state index is 12.4. The number of ketones is 1. The van der Waals surface area contributed by atoms with E-state index in [1.165, 1.54) is 14.0 Å². The molecule has 0 saturated carbocycles. The van der Waals surface area contributed by atoms with E-state index in [4.69, 9.17) is 4.74 Å². The number of rotatable bonds is 9. The fourth-order valence-electron chi connectivity index (χ4n) is 2.30. The quantitative estimate of drug-likeness (QED) is 0.663. The van der Waals surface area contributed by atoms with Gasteiger partial charge in [0.15, 0.2) is 5.78 Å². The van der Waals surface area contributed by atoms with Crippen LogP contribution in [-0.4, -0.2) is 30.8 Å². The van der Waals surface area contributed by atoms with E-state index >= 15 is 0 Å². The number of carbonyl (C=O) groups is 3. The molecule has 0 radical (unpaired) electrons. The van der Waals surface area contributed by atoms with Gasteiger partial charge in [-0.05, 0) is 18.3 Å². The van der Waals surface area contributed by atoms with E-state index < -0.39 is 12.0 Å². The summed E-state index contributed by atoms with van der Waals surface area (Å²) in [4.78, 5) is 35.5. The minimum atomic E-state index is -0.529. The Kier molecular flexibility index (Phi) is 8.90. The Labute approximate surface area is 127 Å². The standard InChI is InChI=1S/C16H29NO4/c1-7-11(4)13(16(20)21-6)9-15(19)14(8-10(2)3)17-12(5)18/h10-11,13-14H,7-9H2,1-6H3,(H,17,18)/t11-,13-,14-/m0/s1. The van der Waals surface area contributed by atoms with Crippen LogP contribution in [0.5, 0.6) is 0 Å². The zero-order valence-electron chi connectivity index (χ0n) is 14.1. The normalized spacial score (nSPS) is 15.2. The van der Waals surface area contributed by atoms with Crippen LogP contribution < -0.4 is 5.32 Å². The minimum Gasteiger partial charge on any atom is -0.469 e. The van der Waals surface area contributed by atoms with Gasteiger partial charge in [-0.2, -0.15) is 0 Å². The van der Waals surface area contributed by atoms with Crippen molar-refractivity contribution in [2.45, 2.75) is 59.9 Å². The number of esters is 1. The molecule has 0 rings (SSSR count). The van der Waals surface area contributed by atoms with Crippen LogP contribution >= 0.6 is 0 Å². The highest BCUT2D eigenvalue weighted by atomic mass is 16.5. The van der Waals surface area contributed by atoms with Crippen LogP contribution in [0, 0.1) is 17.8 Å². The third-order valence-corrected chi connectivity index (χ3v) is 3.73. The fourth-order valence-corrected chi connectivity index (χ4v) is 2.30. The first kappa shape index (κ1) is 19.6. The molecule has 0 heterocycles. The third-order valence-electron chi connectivity index (χ3n) is 3.73. The molecule has 21 heavy (non-hydrogen) atoms. The van der Waals surface area contributed by atoms with Crippen molar-refractivity contribution < 1.29 is 19.1 Å². The Bertz CT molecular complexity index is 365. The van der Waals surface area contributed by atoms with Crippen molar-refractivity contribution in [3.05, 3.63) is 0 Å². The average Bonchev–Trinajstić information content (AvgIpc) is 2.41. The zero-order valence-corrected chi connectivity index (χ0v) is 14.1. The molecule has 1 N–H and O–H groups in total. The summed E-state index contributed by atoms with van der Waals surface area (Å²) in [6.45, 7) is 9.30. The van der Waals surface area contributed by atoms with Crippen molar-refractivity contribution in [2.24, 2.45) is 17.8 Å². The molecule has 0 spiro atoms. The highest BCUT2D eigenvalue weighted by Gasteiger charge is 2.31. The van der Waals surface area contributed by atoms with Crippen LogP contribution in [0.4, 0.5) is 0 Å². The molecule has 0 bridgehead atoms. The summed E-state index contributed by atoms with van der Waals surface area (Å²) in [5, 5.41) is 2.69. The lowest BCUT2D eigenvalue weighted by Gasteiger charge is -2.24. The first-order valence-electron chi connectivity index (χ1n) is 7.60. The van der Waals surface area contributed by atoms with Crippen molar-refractivity contribution in [2.75, 3.05) is 7.11 Å². The van der Waals surface area contributed by atoms with Crippen molar-refractivity contribution in [1.82, 2.24) is 5.32 Å². The van der Waals surface area contributed by atoms with Gasteiger partial charge >= 0.3 is 5.97 Å². The number of hydrogen-bond donors (Lipinski definition) is 1. The molecule has 0 aromatic heterocycles.